The zero-order chi connectivity index (χ0) is 17.8. The van der Waals surface area contributed by atoms with Crippen LogP contribution in [0.3, 0.4) is 0 Å². The first kappa shape index (κ1) is 16.2. The van der Waals surface area contributed by atoms with Gasteiger partial charge >= 0.3 is 0 Å². The van der Waals surface area contributed by atoms with Crippen LogP contribution in [0.4, 0.5) is 5.82 Å². The molecule has 1 amide bonds. The van der Waals surface area contributed by atoms with Crippen molar-refractivity contribution in [1.29, 1.82) is 0 Å². The van der Waals surface area contributed by atoms with Gasteiger partial charge in [-0.3, -0.25) is 9.36 Å². The van der Waals surface area contributed by atoms with Crippen LogP contribution in [0, 0.1) is 19.8 Å². The second-order valence-corrected chi connectivity index (χ2v) is 6.23. The zero-order valence-corrected chi connectivity index (χ0v) is 14.2. The Morgan fingerprint density at radius 3 is 2.50 bits per heavy atom. The standard InChI is InChI=1S/C17H21N5O2/c1-7-5-6-11(23)8(2)14(7)22-15(18)12(16(19)24)13-17(22)21-10(4)9(3)20-13/h5-6,8,11,23H,18H2,1-4H3,(H2,19,24)/t8-,11-/m1/s1. The number of aliphatic hydroxyl groups excluding tert-OH is 1. The summed E-state index contributed by atoms with van der Waals surface area (Å²) in [5, 5.41) is 10.2. The van der Waals surface area contributed by atoms with Gasteiger partial charge in [-0.1, -0.05) is 19.1 Å². The number of allylic oxidation sites excluding steroid dienone is 2. The molecule has 0 aliphatic heterocycles. The number of carbonyl (C=O) groups is 1. The summed E-state index contributed by atoms with van der Waals surface area (Å²) in [6, 6.07) is 0. The van der Waals surface area contributed by atoms with Crippen LogP contribution in [0.15, 0.2) is 17.7 Å². The minimum Gasteiger partial charge on any atom is -0.388 e. The van der Waals surface area contributed by atoms with Gasteiger partial charge in [-0.2, -0.15) is 0 Å². The van der Waals surface area contributed by atoms with E-state index in [1.165, 1.54) is 0 Å². The summed E-state index contributed by atoms with van der Waals surface area (Å²) >= 11 is 0. The fraction of sp³-hybridized carbons (Fsp3) is 0.353. The SMILES string of the molecule is CC1=C(n2c(N)c(C(N)=O)c3nc(C)c(C)nc32)[C@H](C)[C@H](O)C=C1. The predicted octanol–water partition coefficient (Wildman–Crippen LogP) is 1.53. The molecule has 3 rings (SSSR count). The number of aryl methyl sites for hydroxylation is 2. The quantitative estimate of drug-likeness (QED) is 0.772. The van der Waals surface area contributed by atoms with Crippen molar-refractivity contribution in [1.82, 2.24) is 14.5 Å². The number of amides is 1. The van der Waals surface area contributed by atoms with Crippen LogP contribution in [0.1, 0.15) is 35.6 Å². The molecule has 0 bridgehead atoms. The third-order valence-electron chi connectivity index (χ3n) is 4.61. The molecule has 0 aromatic carbocycles. The lowest BCUT2D eigenvalue weighted by Gasteiger charge is -2.27. The van der Waals surface area contributed by atoms with Crippen molar-refractivity contribution in [2.45, 2.75) is 33.8 Å². The molecule has 2 aromatic heterocycles. The van der Waals surface area contributed by atoms with Crippen molar-refractivity contribution in [3.8, 4) is 0 Å². The molecule has 0 radical (unpaired) electrons. The molecule has 2 atom stereocenters. The van der Waals surface area contributed by atoms with Gasteiger partial charge in [0.2, 0.25) is 0 Å². The van der Waals surface area contributed by atoms with E-state index in [0.717, 1.165) is 17.0 Å². The van der Waals surface area contributed by atoms with E-state index in [0.29, 0.717) is 16.9 Å². The van der Waals surface area contributed by atoms with Gasteiger partial charge in [0.15, 0.2) is 5.65 Å². The van der Waals surface area contributed by atoms with Crippen LogP contribution in [-0.4, -0.2) is 31.7 Å². The predicted molar refractivity (Wildman–Crippen MR) is 93.1 cm³/mol. The molecule has 0 unspecified atom stereocenters. The number of hydrogen-bond donors (Lipinski definition) is 3. The van der Waals surface area contributed by atoms with Gasteiger partial charge in [-0.25, -0.2) is 9.97 Å². The van der Waals surface area contributed by atoms with Crippen molar-refractivity contribution in [2.75, 3.05) is 5.73 Å². The molecule has 0 saturated heterocycles. The van der Waals surface area contributed by atoms with Crippen LogP contribution in [-0.2, 0) is 0 Å². The number of aliphatic hydroxyl groups is 1. The maximum absolute atomic E-state index is 11.9. The van der Waals surface area contributed by atoms with E-state index in [1.54, 1.807) is 10.6 Å². The van der Waals surface area contributed by atoms with Gasteiger partial charge in [-0.05, 0) is 26.3 Å². The van der Waals surface area contributed by atoms with E-state index in [9.17, 15) is 9.90 Å². The summed E-state index contributed by atoms with van der Waals surface area (Å²) in [6.45, 7) is 7.49. The smallest absolute Gasteiger partial charge is 0.254 e. The van der Waals surface area contributed by atoms with Crippen molar-refractivity contribution in [2.24, 2.45) is 11.7 Å². The first-order chi connectivity index (χ1) is 11.2. The highest BCUT2D eigenvalue weighted by atomic mass is 16.3. The third kappa shape index (κ3) is 2.20. The Morgan fingerprint density at radius 2 is 1.88 bits per heavy atom. The number of hydrogen-bond acceptors (Lipinski definition) is 5. The number of aromatic nitrogens is 3. The number of carbonyl (C=O) groups excluding carboxylic acids is 1. The third-order valence-corrected chi connectivity index (χ3v) is 4.61. The Balaban J connectivity index is 2.45. The first-order valence-corrected chi connectivity index (χ1v) is 7.76. The highest BCUT2D eigenvalue weighted by Crippen LogP contribution is 2.37. The number of rotatable bonds is 2. The number of primary amides is 1. The molecule has 2 heterocycles. The number of nitrogen functional groups attached to an aromatic ring is 1. The fourth-order valence-electron chi connectivity index (χ4n) is 3.14. The number of nitrogens with two attached hydrogens (primary N) is 2. The van der Waals surface area contributed by atoms with E-state index in [2.05, 4.69) is 9.97 Å². The molecule has 0 spiro atoms. The second kappa shape index (κ2) is 5.45. The summed E-state index contributed by atoms with van der Waals surface area (Å²) in [4.78, 5) is 21.0. The minimum atomic E-state index is -0.647. The van der Waals surface area contributed by atoms with Gasteiger partial charge in [0.1, 0.15) is 16.9 Å². The molecule has 7 heteroatoms. The normalized spacial score (nSPS) is 20.9. The molecular weight excluding hydrogens is 306 g/mol. The van der Waals surface area contributed by atoms with Gasteiger partial charge in [0.25, 0.3) is 5.91 Å². The summed E-state index contributed by atoms with van der Waals surface area (Å²) in [5.41, 5.74) is 16.0. The van der Waals surface area contributed by atoms with Crippen LogP contribution >= 0.6 is 0 Å². The molecule has 1 aliphatic carbocycles. The lowest BCUT2D eigenvalue weighted by molar-refractivity contribution is 0.100. The lowest BCUT2D eigenvalue weighted by Crippen LogP contribution is -2.24. The summed E-state index contributed by atoms with van der Waals surface area (Å²) < 4.78 is 1.70. The summed E-state index contributed by atoms with van der Waals surface area (Å²) in [7, 11) is 0. The van der Waals surface area contributed by atoms with Crippen molar-refractivity contribution in [3.63, 3.8) is 0 Å². The van der Waals surface area contributed by atoms with Gasteiger partial charge in [-0.15, -0.1) is 0 Å². The summed E-state index contributed by atoms with van der Waals surface area (Å²) in [6.07, 6.45) is 2.93. The minimum absolute atomic E-state index is 0.164. The molecule has 1 aliphatic rings. The molecule has 24 heavy (non-hydrogen) atoms. The molecule has 126 valence electrons. The van der Waals surface area contributed by atoms with E-state index < -0.39 is 12.0 Å². The van der Waals surface area contributed by atoms with Gasteiger partial charge in [0, 0.05) is 11.6 Å². The molecule has 2 aromatic rings. The van der Waals surface area contributed by atoms with Crippen LogP contribution in [0.5, 0.6) is 0 Å². The molecule has 7 nitrogen and oxygen atoms in total. The highest BCUT2D eigenvalue weighted by Gasteiger charge is 2.30. The Labute approximate surface area is 139 Å². The van der Waals surface area contributed by atoms with Crippen molar-refractivity contribution >= 4 is 28.6 Å². The molecule has 0 fully saturated rings. The maximum Gasteiger partial charge on any atom is 0.254 e. The Bertz CT molecular complexity index is 923. The molecule has 0 saturated carbocycles. The number of nitrogens with zero attached hydrogens (tertiary/aromatic N) is 3. The largest absolute Gasteiger partial charge is 0.388 e. The Hall–Kier alpha value is -2.67. The first-order valence-electron chi connectivity index (χ1n) is 7.76. The summed E-state index contributed by atoms with van der Waals surface area (Å²) in [5.74, 6) is -0.658. The second-order valence-electron chi connectivity index (χ2n) is 6.23. The lowest BCUT2D eigenvalue weighted by atomic mass is 9.91. The maximum atomic E-state index is 11.9. The monoisotopic (exact) mass is 327 g/mol. The Morgan fingerprint density at radius 1 is 1.25 bits per heavy atom. The fourth-order valence-corrected chi connectivity index (χ4v) is 3.14. The van der Waals surface area contributed by atoms with Gasteiger partial charge < -0.3 is 16.6 Å². The van der Waals surface area contributed by atoms with E-state index in [4.69, 9.17) is 11.5 Å². The van der Waals surface area contributed by atoms with Crippen LogP contribution < -0.4 is 11.5 Å². The van der Waals surface area contributed by atoms with E-state index in [1.807, 2.05) is 33.8 Å². The van der Waals surface area contributed by atoms with Crippen LogP contribution in [0.2, 0.25) is 0 Å². The average Bonchev–Trinajstić information content (AvgIpc) is 2.77. The topological polar surface area (TPSA) is 120 Å². The van der Waals surface area contributed by atoms with E-state index >= 15 is 0 Å². The van der Waals surface area contributed by atoms with Crippen molar-refractivity contribution in [3.05, 3.63) is 34.7 Å². The average molecular weight is 327 g/mol. The molecule has 5 N–H and O–H groups in total. The van der Waals surface area contributed by atoms with Crippen molar-refractivity contribution < 1.29 is 9.90 Å². The highest BCUT2D eigenvalue weighted by molar-refractivity contribution is 6.10. The Kier molecular flexibility index (Phi) is 3.68. The number of anilines is 1. The van der Waals surface area contributed by atoms with Gasteiger partial charge in [0.05, 0.1) is 17.5 Å². The number of fused-ring (bicyclic) bond motifs is 1. The zero-order valence-electron chi connectivity index (χ0n) is 14.2. The van der Waals surface area contributed by atoms with E-state index in [-0.39, 0.29) is 17.3 Å². The van der Waals surface area contributed by atoms with Crippen LogP contribution in [0.25, 0.3) is 16.9 Å². The molecular formula is C17H21N5O2.